The van der Waals surface area contributed by atoms with Crippen molar-refractivity contribution in [1.29, 1.82) is 0 Å². The van der Waals surface area contributed by atoms with E-state index < -0.39 is 0 Å². The average molecular weight is 289 g/mol. The Hall–Kier alpha value is -2.17. The molecular formula is C16H20FN3O. The van der Waals surface area contributed by atoms with Crippen LogP contribution in [-0.2, 0) is 17.9 Å². The number of benzene rings is 1. The van der Waals surface area contributed by atoms with Crippen molar-refractivity contribution in [2.45, 2.75) is 39.4 Å². The molecule has 1 heterocycles. The van der Waals surface area contributed by atoms with Gasteiger partial charge < -0.3 is 9.47 Å². The summed E-state index contributed by atoms with van der Waals surface area (Å²) in [6, 6.07) is 6.63. The van der Waals surface area contributed by atoms with E-state index in [4.69, 9.17) is 0 Å². The van der Waals surface area contributed by atoms with Crippen molar-refractivity contribution in [2.24, 2.45) is 0 Å². The van der Waals surface area contributed by atoms with Crippen LogP contribution in [0.15, 0.2) is 43.0 Å². The molecule has 0 bridgehead atoms. The van der Waals surface area contributed by atoms with Crippen LogP contribution in [0.4, 0.5) is 4.39 Å². The minimum atomic E-state index is -0.277. The summed E-state index contributed by atoms with van der Waals surface area (Å²) in [6.07, 6.45) is 5.81. The Labute approximate surface area is 124 Å². The van der Waals surface area contributed by atoms with Crippen molar-refractivity contribution in [2.75, 3.05) is 0 Å². The number of rotatable bonds is 6. The van der Waals surface area contributed by atoms with Crippen LogP contribution in [0, 0.1) is 5.82 Å². The molecule has 4 nitrogen and oxygen atoms in total. The number of carbonyl (C=O) groups is 1. The first-order chi connectivity index (χ1) is 10.1. The van der Waals surface area contributed by atoms with E-state index in [0.29, 0.717) is 5.56 Å². The van der Waals surface area contributed by atoms with Gasteiger partial charge in [-0.3, -0.25) is 4.79 Å². The molecule has 112 valence electrons. The maximum absolute atomic E-state index is 13.8. The summed E-state index contributed by atoms with van der Waals surface area (Å²) in [5.41, 5.74) is 0.539. The summed E-state index contributed by atoms with van der Waals surface area (Å²) in [7, 11) is 0. The van der Waals surface area contributed by atoms with Gasteiger partial charge in [-0.2, -0.15) is 0 Å². The maximum Gasteiger partial charge on any atom is 0.243 e. The number of carbonyl (C=O) groups excluding carboxylic acids is 1. The lowest BCUT2D eigenvalue weighted by atomic mass is 10.1. The first-order valence-corrected chi connectivity index (χ1v) is 7.10. The van der Waals surface area contributed by atoms with Gasteiger partial charge in [-0.1, -0.05) is 25.1 Å². The number of halogens is 1. The predicted molar refractivity (Wildman–Crippen MR) is 78.9 cm³/mol. The Kier molecular flexibility index (Phi) is 5.09. The second-order valence-corrected chi connectivity index (χ2v) is 5.11. The van der Waals surface area contributed by atoms with Gasteiger partial charge in [0.05, 0.1) is 6.33 Å². The van der Waals surface area contributed by atoms with Crippen LogP contribution >= 0.6 is 0 Å². The zero-order valence-corrected chi connectivity index (χ0v) is 12.4. The summed E-state index contributed by atoms with van der Waals surface area (Å²) in [5, 5.41) is 0. The zero-order chi connectivity index (χ0) is 15.2. The molecule has 0 saturated heterocycles. The van der Waals surface area contributed by atoms with Gasteiger partial charge in [0, 0.05) is 30.5 Å². The van der Waals surface area contributed by atoms with Gasteiger partial charge in [-0.25, -0.2) is 9.37 Å². The summed E-state index contributed by atoms with van der Waals surface area (Å²) >= 11 is 0. The van der Waals surface area contributed by atoms with E-state index in [-0.39, 0.29) is 30.9 Å². The summed E-state index contributed by atoms with van der Waals surface area (Å²) < 4.78 is 15.5. The number of hydrogen-bond acceptors (Lipinski definition) is 2. The number of amides is 1. The van der Waals surface area contributed by atoms with Gasteiger partial charge in [0.2, 0.25) is 5.91 Å². The third-order valence-electron chi connectivity index (χ3n) is 3.62. The number of aromatic nitrogens is 2. The van der Waals surface area contributed by atoms with Crippen LogP contribution in [0.3, 0.4) is 0 Å². The van der Waals surface area contributed by atoms with Crippen LogP contribution in [-0.4, -0.2) is 26.4 Å². The Morgan fingerprint density at radius 3 is 2.81 bits per heavy atom. The number of nitrogens with zero attached hydrogens (tertiary/aromatic N) is 3. The molecule has 1 aromatic heterocycles. The van der Waals surface area contributed by atoms with E-state index in [1.807, 2.05) is 13.8 Å². The van der Waals surface area contributed by atoms with Gasteiger partial charge in [0.1, 0.15) is 12.4 Å². The first-order valence-electron chi connectivity index (χ1n) is 7.10. The molecule has 5 heteroatoms. The second-order valence-electron chi connectivity index (χ2n) is 5.11. The van der Waals surface area contributed by atoms with Gasteiger partial charge in [-0.05, 0) is 19.4 Å². The number of imidazole rings is 1. The van der Waals surface area contributed by atoms with Crippen LogP contribution < -0.4 is 0 Å². The molecule has 1 unspecified atom stereocenters. The van der Waals surface area contributed by atoms with Gasteiger partial charge >= 0.3 is 0 Å². The summed E-state index contributed by atoms with van der Waals surface area (Å²) in [5.74, 6) is -0.313. The van der Waals surface area contributed by atoms with Crippen LogP contribution in [0.2, 0.25) is 0 Å². The monoisotopic (exact) mass is 289 g/mol. The van der Waals surface area contributed by atoms with Crippen molar-refractivity contribution in [3.05, 3.63) is 54.4 Å². The van der Waals surface area contributed by atoms with E-state index in [1.54, 1.807) is 46.4 Å². The van der Waals surface area contributed by atoms with Crippen molar-refractivity contribution < 1.29 is 9.18 Å². The minimum absolute atomic E-state index is 0.0365. The fourth-order valence-electron chi connectivity index (χ4n) is 2.15. The zero-order valence-electron chi connectivity index (χ0n) is 12.4. The standard InChI is InChI=1S/C16H20FN3O/c1-3-13(2)20(10-14-6-4-5-7-15(14)17)16(21)11-19-9-8-18-12-19/h4-9,12-13H,3,10-11H2,1-2H3. The summed E-state index contributed by atoms with van der Waals surface area (Å²) in [4.78, 5) is 18.1. The Morgan fingerprint density at radius 2 is 2.19 bits per heavy atom. The Morgan fingerprint density at radius 1 is 1.43 bits per heavy atom. The Bertz CT molecular complexity index is 583. The van der Waals surface area contributed by atoms with E-state index in [1.165, 1.54) is 6.07 Å². The highest BCUT2D eigenvalue weighted by atomic mass is 19.1. The SMILES string of the molecule is CCC(C)N(Cc1ccccc1F)C(=O)Cn1ccnc1. The molecule has 0 radical (unpaired) electrons. The highest BCUT2D eigenvalue weighted by molar-refractivity contribution is 5.76. The second kappa shape index (κ2) is 7.02. The lowest BCUT2D eigenvalue weighted by Gasteiger charge is -2.29. The molecule has 0 aliphatic carbocycles. The predicted octanol–water partition coefficient (Wildman–Crippen LogP) is 2.85. The molecule has 0 aliphatic rings. The van der Waals surface area contributed by atoms with Crippen molar-refractivity contribution in [3.63, 3.8) is 0 Å². The highest BCUT2D eigenvalue weighted by Gasteiger charge is 2.20. The summed E-state index contributed by atoms with van der Waals surface area (Å²) in [6.45, 7) is 4.50. The normalized spacial score (nSPS) is 12.1. The molecule has 2 aromatic rings. The van der Waals surface area contributed by atoms with Crippen LogP contribution in [0.1, 0.15) is 25.8 Å². The van der Waals surface area contributed by atoms with Crippen molar-refractivity contribution >= 4 is 5.91 Å². The fourth-order valence-corrected chi connectivity index (χ4v) is 2.15. The maximum atomic E-state index is 13.8. The molecule has 0 spiro atoms. The third-order valence-corrected chi connectivity index (χ3v) is 3.62. The van der Waals surface area contributed by atoms with E-state index in [0.717, 1.165) is 6.42 Å². The molecular weight excluding hydrogens is 269 g/mol. The largest absolute Gasteiger partial charge is 0.334 e. The molecule has 0 saturated carbocycles. The van der Waals surface area contributed by atoms with Crippen LogP contribution in [0.5, 0.6) is 0 Å². The van der Waals surface area contributed by atoms with E-state index >= 15 is 0 Å². The van der Waals surface area contributed by atoms with Gasteiger partial charge in [-0.15, -0.1) is 0 Å². The van der Waals surface area contributed by atoms with Crippen molar-refractivity contribution in [3.8, 4) is 0 Å². The molecule has 1 aromatic carbocycles. The quantitative estimate of drug-likeness (QED) is 0.820. The van der Waals surface area contributed by atoms with Crippen molar-refractivity contribution in [1.82, 2.24) is 14.5 Å². The lowest BCUT2D eigenvalue weighted by Crippen LogP contribution is -2.39. The van der Waals surface area contributed by atoms with Gasteiger partial charge in [0.15, 0.2) is 0 Å². The highest BCUT2D eigenvalue weighted by Crippen LogP contribution is 2.14. The van der Waals surface area contributed by atoms with E-state index in [9.17, 15) is 9.18 Å². The molecule has 1 amide bonds. The minimum Gasteiger partial charge on any atom is -0.334 e. The molecule has 0 aliphatic heterocycles. The third kappa shape index (κ3) is 3.90. The van der Waals surface area contributed by atoms with E-state index in [2.05, 4.69) is 4.98 Å². The Balaban J connectivity index is 2.14. The average Bonchev–Trinajstić information content (AvgIpc) is 2.98. The fraction of sp³-hybridized carbons (Fsp3) is 0.375. The van der Waals surface area contributed by atoms with Gasteiger partial charge in [0.25, 0.3) is 0 Å². The molecule has 2 rings (SSSR count). The topological polar surface area (TPSA) is 38.1 Å². The first kappa shape index (κ1) is 15.2. The molecule has 0 fully saturated rings. The smallest absolute Gasteiger partial charge is 0.243 e. The molecule has 0 N–H and O–H groups in total. The molecule has 21 heavy (non-hydrogen) atoms. The number of hydrogen-bond donors (Lipinski definition) is 0. The molecule has 1 atom stereocenters. The lowest BCUT2D eigenvalue weighted by molar-refractivity contribution is -0.134. The van der Waals surface area contributed by atoms with Crippen LogP contribution in [0.25, 0.3) is 0 Å².